The van der Waals surface area contributed by atoms with Crippen LogP contribution in [0.4, 0.5) is 0 Å². The summed E-state index contributed by atoms with van der Waals surface area (Å²) < 4.78 is 0. The molecule has 2 N–H and O–H groups in total. The Bertz CT molecular complexity index is 134. The van der Waals surface area contributed by atoms with Crippen molar-refractivity contribution in [1.29, 1.82) is 0 Å². The van der Waals surface area contributed by atoms with Crippen LogP contribution in [0.3, 0.4) is 0 Å². The molecule has 0 fully saturated rings. The van der Waals surface area contributed by atoms with Gasteiger partial charge in [-0.1, -0.05) is 0 Å². The molecule has 0 spiro atoms. The van der Waals surface area contributed by atoms with Crippen LogP contribution in [0.2, 0.25) is 0 Å². The van der Waals surface area contributed by atoms with Crippen LogP contribution in [0.1, 0.15) is 27.7 Å². The molecule has 0 aliphatic heterocycles. The van der Waals surface area contributed by atoms with Gasteiger partial charge in [0, 0.05) is 33.9 Å². The van der Waals surface area contributed by atoms with E-state index in [9.17, 15) is 4.79 Å². The number of ketones is 1. The van der Waals surface area contributed by atoms with Gasteiger partial charge in [-0.05, 0) is 27.7 Å². The molecule has 0 heterocycles. The standard InChI is InChI=1S/C5H8O2.C3H8O.Ti/c1-4(6)3-5(2)7;1-3(2)4;/h3,6H,1-2H3;3-4H,1-2H3;/b4-3-;;. The second kappa shape index (κ2) is 10.9. The third-order valence-corrected chi connectivity index (χ3v) is 0.412. The minimum atomic E-state index is -0.167. The summed E-state index contributed by atoms with van der Waals surface area (Å²) in [5, 5.41) is 16.4. The molecule has 12 heavy (non-hydrogen) atoms. The maximum absolute atomic E-state index is 10.0. The van der Waals surface area contributed by atoms with Crippen molar-refractivity contribution in [2.75, 3.05) is 0 Å². The van der Waals surface area contributed by atoms with Crippen molar-refractivity contribution < 1.29 is 36.7 Å². The largest absolute Gasteiger partial charge is 0.512 e. The van der Waals surface area contributed by atoms with Crippen molar-refractivity contribution in [3.63, 3.8) is 0 Å². The van der Waals surface area contributed by atoms with Crippen LogP contribution in [0.25, 0.3) is 0 Å². The molecule has 0 aromatic carbocycles. The molecule has 70 valence electrons. The topological polar surface area (TPSA) is 57.5 Å². The van der Waals surface area contributed by atoms with Crippen molar-refractivity contribution in [3.05, 3.63) is 11.8 Å². The van der Waals surface area contributed by atoms with Gasteiger partial charge in [-0.25, -0.2) is 0 Å². The summed E-state index contributed by atoms with van der Waals surface area (Å²) >= 11 is 0. The summed E-state index contributed by atoms with van der Waals surface area (Å²) in [6.07, 6.45) is 1.000. The zero-order chi connectivity index (χ0) is 9.44. The summed E-state index contributed by atoms with van der Waals surface area (Å²) in [6, 6.07) is 0. The van der Waals surface area contributed by atoms with E-state index >= 15 is 0 Å². The predicted molar refractivity (Wildman–Crippen MR) is 44.4 cm³/mol. The van der Waals surface area contributed by atoms with Gasteiger partial charge in [0.15, 0.2) is 5.78 Å². The first-order valence-electron chi connectivity index (χ1n) is 3.42. The number of aliphatic hydroxyl groups is 2. The second-order valence-corrected chi connectivity index (χ2v) is 2.49. The van der Waals surface area contributed by atoms with Crippen LogP contribution < -0.4 is 0 Å². The number of allylic oxidation sites excluding steroid dienone is 2. The van der Waals surface area contributed by atoms with Gasteiger partial charge in [-0.2, -0.15) is 0 Å². The first-order chi connectivity index (χ1) is 4.86. The van der Waals surface area contributed by atoms with Gasteiger partial charge in [0.25, 0.3) is 0 Å². The number of aliphatic hydroxyl groups excluding tert-OH is 2. The minimum absolute atomic E-state index is 0. The molecular weight excluding hydrogens is 192 g/mol. The summed E-state index contributed by atoms with van der Waals surface area (Å²) in [7, 11) is 0. The van der Waals surface area contributed by atoms with Gasteiger partial charge in [0.1, 0.15) is 0 Å². The molecule has 4 heteroatoms. The Hall–Kier alpha value is -0.116. The molecular formula is C8H16O3Ti. The zero-order valence-corrected chi connectivity index (χ0v) is 9.52. The molecule has 0 bridgehead atoms. The Morgan fingerprint density at radius 1 is 1.33 bits per heavy atom. The molecule has 0 amide bonds. The van der Waals surface area contributed by atoms with Gasteiger partial charge in [-0.15, -0.1) is 0 Å². The fourth-order valence-electron chi connectivity index (χ4n) is 0.294. The fourth-order valence-corrected chi connectivity index (χ4v) is 0.294. The van der Waals surface area contributed by atoms with E-state index in [1.165, 1.54) is 19.9 Å². The molecule has 0 aromatic rings. The van der Waals surface area contributed by atoms with E-state index < -0.39 is 0 Å². The zero-order valence-electron chi connectivity index (χ0n) is 7.96. The first kappa shape index (κ1) is 17.8. The number of carbonyl (C=O) groups is 1. The molecule has 3 nitrogen and oxygen atoms in total. The summed E-state index contributed by atoms with van der Waals surface area (Å²) in [5.74, 6) is -0.0625. The summed E-state index contributed by atoms with van der Waals surface area (Å²) in [4.78, 5) is 10.0. The van der Waals surface area contributed by atoms with Gasteiger partial charge in [-0.3, -0.25) is 4.79 Å². The average molecular weight is 208 g/mol. The molecule has 0 saturated heterocycles. The van der Waals surface area contributed by atoms with Crippen LogP contribution in [-0.4, -0.2) is 22.1 Å². The quantitative estimate of drug-likeness (QED) is 0.389. The van der Waals surface area contributed by atoms with Gasteiger partial charge >= 0.3 is 0 Å². The van der Waals surface area contributed by atoms with Crippen molar-refractivity contribution >= 4 is 5.78 Å². The van der Waals surface area contributed by atoms with E-state index in [4.69, 9.17) is 10.2 Å². The maximum atomic E-state index is 10.0. The van der Waals surface area contributed by atoms with Crippen LogP contribution in [-0.2, 0) is 26.5 Å². The van der Waals surface area contributed by atoms with Gasteiger partial charge in [0.05, 0.1) is 5.76 Å². The van der Waals surface area contributed by atoms with Crippen molar-refractivity contribution in [3.8, 4) is 0 Å². The monoisotopic (exact) mass is 208 g/mol. The van der Waals surface area contributed by atoms with Crippen LogP contribution in [0.15, 0.2) is 11.8 Å². The number of rotatable bonds is 1. The Labute approximate surface area is 88.4 Å². The number of hydrogen-bond acceptors (Lipinski definition) is 3. The fraction of sp³-hybridized carbons (Fsp3) is 0.625. The van der Waals surface area contributed by atoms with Crippen LogP contribution >= 0.6 is 0 Å². The Balaban J connectivity index is -0.000000142. The van der Waals surface area contributed by atoms with E-state index in [2.05, 4.69) is 0 Å². The third-order valence-electron chi connectivity index (χ3n) is 0.412. The number of carbonyl (C=O) groups excluding carboxylic acids is 1. The van der Waals surface area contributed by atoms with E-state index in [1.807, 2.05) is 0 Å². The van der Waals surface area contributed by atoms with Crippen molar-refractivity contribution in [1.82, 2.24) is 0 Å². The SMILES string of the molecule is CC(=O)/C=C(/C)O.CC(C)O.[Ti]. The second-order valence-electron chi connectivity index (χ2n) is 2.49. The van der Waals surface area contributed by atoms with Crippen LogP contribution in [0.5, 0.6) is 0 Å². The average Bonchev–Trinajstić information content (AvgIpc) is 1.56. The molecule has 0 unspecified atom stereocenters. The minimum Gasteiger partial charge on any atom is -0.512 e. The molecule has 0 saturated carbocycles. The first-order valence-corrected chi connectivity index (χ1v) is 3.42. The van der Waals surface area contributed by atoms with E-state index in [0.29, 0.717) is 0 Å². The molecule has 0 radical (unpaired) electrons. The Morgan fingerprint density at radius 3 is 1.58 bits per heavy atom. The maximum Gasteiger partial charge on any atom is 0.155 e. The normalized spacial score (nSPS) is 9.67. The van der Waals surface area contributed by atoms with E-state index in [0.717, 1.165) is 0 Å². The molecule has 0 rings (SSSR count). The van der Waals surface area contributed by atoms with E-state index in [-0.39, 0.29) is 39.4 Å². The summed E-state index contributed by atoms with van der Waals surface area (Å²) in [6.45, 7) is 6.29. The van der Waals surface area contributed by atoms with Gasteiger partial charge < -0.3 is 10.2 Å². The predicted octanol–water partition coefficient (Wildman–Crippen LogP) is 1.42. The molecule has 0 atom stereocenters. The van der Waals surface area contributed by atoms with Crippen LogP contribution in [0, 0.1) is 0 Å². The summed E-state index contributed by atoms with van der Waals surface area (Å²) in [5.41, 5.74) is 0. The Morgan fingerprint density at radius 2 is 1.58 bits per heavy atom. The number of hydrogen-bond donors (Lipinski definition) is 2. The van der Waals surface area contributed by atoms with Crippen molar-refractivity contribution in [2.45, 2.75) is 33.8 Å². The molecule has 0 aliphatic carbocycles. The van der Waals surface area contributed by atoms with Gasteiger partial charge in [0.2, 0.25) is 0 Å². The smallest absolute Gasteiger partial charge is 0.155 e. The van der Waals surface area contributed by atoms with Crippen molar-refractivity contribution in [2.24, 2.45) is 0 Å². The van der Waals surface area contributed by atoms with E-state index in [1.54, 1.807) is 13.8 Å². The molecule has 0 aromatic heterocycles. The Kier molecular flexibility index (Phi) is 16.2. The third kappa shape index (κ3) is 51.7. The molecule has 0 aliphatic rings.